The van der Waals surface area contributed by atoms with E-state index in [1.54, 1.807) is 30.3 Å². The van der Waals surface area contributed by atoms with Crippen LogP contribution in [0.5, 0.6) is 11.5 Å². The molecule has 2 amide bonds. The third kappa shape index (κ3) is 7.57. The van der Waals surface area contributed by atoms with Crippen molar-refractivity contribution in [3.8, 4) is 11.5 Å². The fourth-order valence-electron chi connectivity index (χ4n) is 4.95. The highest BCUT2D eigenvalue weighted by Gasteiger charge is 2.35. The number of hydrogen-bond donors (Lipinski definition) is 1. The van der Waals surface area contributed by atoms with Crippen molar-refractivity contribution in [1.29, 1.82) is 0 Å². The van der Waals surface area contributed by atoms with Gasteiger partial charge < -0.3 is 19.7 Å². The molecule has 9 nitrogen and oxygen atoms in total. The molecule has 44 heavy (non-hydrogen) atoms. The van der Waals surface area contributed by atoms with Crippen molar-refractivity contribution in [2.75, 3.05) is 32.1 Å². The molecule has 0 fully saturated rings. The van der Waals surface area contributed by atoms with Crippen molar-refractivity contribution < 1.29 is 27.5 Å². The first-order valence-corrected chi connectivity index (χ1v) is 15.5. The lowest BCUT2D eigenvalue weighted by Crippen LogP contribution is -2.53. The number of sulfonamides is 1. The number of nitrogens with zero attached hydrogens (tertiary/aromatic N) is 2. The minimum Gasteiger partial charge on any atom is -0.497 e. The summed E-state index contributed by atoms with van der Waals surface area (Å²) in [5.74, 6) is -0.326. The van der Waals surface area contributed by atoms with Crippen molar-refractivity contribution in [2.24, 2.45) is 0 Å². The summed E-state index contributed by atoms with van der Waals surface area (Å²) in [6.07, 6.45) is 0.228. The predicted molar refractivity (Wildman–Crippen MR) is 170 cm³/mol. The summed E-state index contributed by atoms with van der Waals surface area (Å²) < 4.78 is 40.3. The molecule has 0 aliphatic heterocycles. The molecule has 0 aliphatic rings. The molecule has 0 unspecified atom stereocenters. The van der Waals surface area contributed by atoms with Crippen molar-refractivity contribution in [3.05, 3.63) is 120 Å². The van der Waals surface area contributed by atoms with Crippen molar-refractivity contribution in [3.63, 3.8) is 0 Å². The Hall–Kier alpha value is -4.83. The quantitative estimate of drug-likeness (QED) is 0.236. The SMILES string of the molecule is CNC(=O)[C@H](Cc1ccccc1)N(Cc1cccc(C)c1)C(=O)CN(c1cc(OC)ccc1OC)S(=O)(=O)c1ccccc1. The van der Waals surface area contributed by atoms with Gasteiger partial charge in [-0.05, 0) is 42.3 Å². The zero-order chi connectivity index (χ0) is 31.7. The topological polar surface area (TPSA) is 105 Å². The van der Waals surface area contributed by atoms with Gasteiger partial charge in [0.25, 0.3) is 10.0 Å². The lowest BCUT2D eigenvalue weighted by Gasteiger charge is -2.34. The minimum atomic E-state index is -4.28. The van der Waals surface area contributed by atoms with Gasteiger partial charge in [0.1, 0.15) is 24.1 Å². The molecule has 0 aliphatic carbocycles. The van der Waals surface area contributed by atoms with Gasteiger partial charge in [0.15, 0.2) is 0 Å². The molecule has 0 bridgehead atoms. The third-order valence-corrected chi connectivity index (χ3v) is 8.99. The molecule has 1 N–H and O–H groups in total. The van der Waals surface area contributed by atoms with E-state index >= 15 is 0 Å². The second kappa shape index (κ2) is 14.6. The largest absolute Gasteiger partial charge is 0.497 e. The van der Waals surface area contributed by atoms with Gasteiger partial charge in [0, 0.05) is 26.1 Å². The van der Waals surface area contributed by atoms with E-state index in [9.17, 15) is 18.0 Å². The van der Waals surface area contributed by atoms with Crippen LogP contribution >= 0.6 is 0 Å². The van der Waals surface area contributed by atoms with Gasteiger partial charge in [-0.2, -0.15) is 0 Å². The van der Waals surface area contributed by atoms with Crippen molar-refractivity contribution >= 4 is 27.5 Å². The van der Waals surface area contributed by atoms with Gasteiger partial charge in [0.05, 0.1) is 24.8 Å². The number of nitrogens with one attached hydrogen (secondary N) is 1. The molecule has 0 saturated heterocycles. The molecule has 0 saturated carbocycles. The number of likely N-dealkylation sites (N-methyl/N-ethyl adjacent to an activating group) is 1. The Bertz CT molecular complexity index is 1680. The lowest BCUT2D eigenvalue weighted by molar-refractivity contribution is -0.139. The average molecular weight is 616 g/mol. The molecular formula is C34H37N3O6S. The van der Waals surface area contributed by atoms with E-state index in [0.717, 1.165) is 21.0 Å². The number of rotatable bonds is 13. The number of benzene rings is 4. The Morgan fingerprint density at radius 1 is 0.818 bits per heavy atom. The summed E-state index contributed by atoms with van der Waals surface area (Å²) in [6.45, 7) is 1.42. The maximum Gasteiger partial charge on any atom is 0.264 e. The number of methoxy groups -OCH3 is 2. The molecule has 0 spiro atoms. The van der Waals surface area contributed by atoms with E-state index in [2.05, 4.69) is 5.32 Å². The van der Waals surface area contributed by atoms with Crippen LogP contribution in [0.3, 0.4) is 0 Å². The Labute approximate surface area is 259 Å². The Morgan fingerprint density at radius 2 is 1.48 bits per heavy atom. The summed E-state index contributed by atoms with van der Waals surface area (Å²) >= 11 is 0. The molecule has 4 aromatic carbocycles. The maximum absolute atomic E-state index is 14.5. The van der Waals surface area contributed by atoms with Gasteiger partial charge in [-0.15, -0.1) is 0 Å². The first-order valence-electron chi connectivity index (χ1n) is 14.1. The summed E-state index contributed by atoms with van der Waals surface area (Å²) in [6, 6.07) is 28.7. The number of hydrogen-bond acceptors (Lipinski definition) is 6. The summed E-state index contributed by atoms with van der Waals surface area (Å²) in [7, 11) is 0.125. The smallest absolute Gasteiger partial charge is 0.264 e. The minimum absolute atomic E-state index is 0.00459. The Morgan fingerprint density at radius 3 is 2.09 bits per heavy atom. The number of anilines is 1. The van der Waals surface area contributed by atoms with Gasteiger partial charge in [0.2, 0.25) is 11.8 Å². The lowest BCUT2D eigenvalue weighted by atomic mass is 10.0. The third-order valence-electron chi connectivity index (χ3n) is 7.22. The summed E-state index contributed by atoms with van der Waals surface area (Å²) in [5, 5.41) is 2.69. The fourth-order valence-corrected chi connectivity index (χ4v) is 6.39. The molecule has 0 aromatic heterocycles. The standard InChI is InChI=1S/C34H37N3O6S/c1-25-12-11-15-27(20-25)23-36(31(34(39)35-2)21-26-13-7-5-8-14-26)33(38)24-37(44(40,41)29-16-9-6-10-17-29)30-22-28(42-3)18-19-32(30)43-4/h5-20,22,31H,21,23-24H2,1-4H3,(H,35,39)/t31-/m0/s1. The number of carbonyl (C=O) groups is 2. The van der Waals surface area contributed by atoms with Crippen LogP contribution < -0.4 is 19.1 Å². The molecule has 0 heterocycles. The monoisotopic (exact) mass is 615 g/mol. The number of amides is 2. The van der Waals surface area contributed by atoms with E-state index in [4.69, 9.17) is 9.47 Å². The molecule has 10 heteroatoms. The predicted octanol–water partition coefficient (Wildman–Crippen LogP) is 4.59. The zero-order valence-corrected chi connectivity index (χ0v) is 26.1. The highest BCUT2D eigenvalue weighted by atomic mass is 32.2. The Balaban J connectivity index is 1.84. The Kier molecular flexibility index (Phi) is 10.6. The summed E-state index contributed by atoms with van der Waals surface area (Å²) in [4.78, 5) is 29.3. The molecule has 0 radical (unpaired) electrons. The number of carbonyl (C=O) groups excluding carboxylic acids is 2. The maximum atomic E-state index is 14.5. The number of ether oxygens (including phenoxy) is 2. The van der Waals surface area contributed by atoms with Crippen molar-refractivity contribution in [2.45, 2.75) is 30.8 Å². The first-order chi connectivity index (χ1) is 21.2. The van der Waals surface area contributed by atoms with Gasteiger partial charge in [-0.25, -0.2) is 8.42 Å². The van der Waals surface area contributed by atoms with Crippen LogP contribution in [-0.4, -0.2) is 59.0 Å². The molecule has 230 valence electrons. The molecule has 4 rings (SSSR count). The highest BCUT2D eigenvalue weighted by Crippen LogP contribution is 2.36. The van der Waals surface area contributed by atoms with Crippen LogP contribution in [0.15, 0.2) is 108 Å². The second-order valence-corrected chi connectivity index (χ2v) is 12.1. The average Bonchev–Trinajstić information content (AvgIpc) is 3.05. The van der Waals surface area contributed by atoms with Gasteiger partial charge in [-0.1, -0.05) is 78.4 Å². The fraction of sp³-hybridized carbons (Fsp3) is 0.235. The van der Waals surface area contributed by atoms with Gasteiger partial charge >= 0.3 is 0 Å². The highest BCUT2D eigenvalue weighted by molar-refractivity contribution is 7.92. The number of aryl methyl sites for hydroxylation is 1. The molecule has 1 atom stereocenters. The van der Waals surface area contributed by atoms with Crippen molar-refractivity contribution in [1.82, 2.24) is 10.2 Å². The zero-order valence-electron chi connectivity index (χ0n) is 25.3. The van der Waals surface area contributed by atoms with Gasteiger partial charge in [-0.3, -0.25) is 13.9 Å². The molecular weight excluding hydrogens is 578 g/mol. The van der Waals surface area contributed by atoms with E-state index in [0.29, 0.717) is 5.75 Å². The van der Waals surface area contributed by atoms with E-state index in [1.165, 1.54) is 44.4 Å². The summed E-state index contributed by atoms with van der Waals surface area (Å²) in [5.41, 5.74) is 2.77. The van der Waals surface area contributed by atoms with E-state index in [-0.39, 0.29) is 35.2 Å². The van der Waals surface area contributed by atoms with Crippen LogP contribution in [0, 0.1) is 6.92 Å². The first kappa shape index (κ1) is 32.1. The van der Waals surface area contributed by atoms with Crippen LogP contribution in [0.4, 0.5) is 5.69 Å². The van der Waals surface area contributed by atoms with E-state index in [1.807, 2.05) is 61.5 Å². The van der Waals surface area contributed by atoms with Crippen LogP contribution in [0.2, 0.25) is 0 Å². The van der Waals surface area contributed by atoms with Crippen LogP contribution in [-0.2, 0) is 32.6 Å². The van der Waals surface area contributed by atoms with Crippen LogP contribution in [0.25, 0.3) is 0 Å². The molecule has 4 aromatic rings. The van der Waals surface area contributed by atoms with E-state index < -0.39 is 28.5 Å². The van der Waals surface area contributed by atoms with Crippen LogP contribution in [0.1, 0.15) is 16.7 Å². The second-order valence-electron chi connectivity index (χ2n) is 10.2. The normalized spacial score (nSPS) is 11.7.